The molecule has 0 aromatic carbocycles. The molecule has 0 amide bonds. The van der Waals surface area contributed by atoms with E-state index >= 15 is 0 Å². The van der Waals surface area contributed by atoms with Crippen molar-refractivity contribution in [2.75, 3.05) is 6.61 Å². The fourth-order valence-corrected chi connectivity index (χ4v) is 2.88. The highest BCUT2D eigenvalue weighted by Gasteiger charge is 2.22. The van der Waals surface area contributed by atoms with E-state index in [-0.39, 0.29) is 5.97 Å². The second-order valence-electron chi connectivity index (χ2n) is 5.15. The van der Waals surface area contributed by atoms with E-state index < -0.39 is 0 Å². The Morgan fingerprint density at radius 1 is 1.42 bits per heavy atom. The number of hydrogen-bond acceptors (Lipinski definition) is 3. The third-order valence-electron chi connectivity index (χ3n) is 3.91. The lowest BCUT2D eigenvalue weighted by Gasteiger charge is -2.04. The van der Waals surface area contributed by atoms with E-state index in [2.05, 4.69) is 4.98 Å². The van der Waals surface area contributed by atoms with Gasteiger partial charge in [-0.25, -0.2) is 9.78 Å². The van der Waals surface area contributed by atoms with Crippen LogP contribution in [0.25, 0.3) is 5.78 Å². The lowest BCUT2D eigenvalue weighted by Crippen LogP contribution is -2.09. The number of esters is 1. The molecule has 0 radical (unpaired) electrons. The first kappa shape index (κ1) is 12.3. The molecule has 102 valence electrons. The summed E-state index contributed by atoms with van der Waals surface area (Å²) >= 11 is 0. The zero-order chi connectivity index (χ0) is 13.4. The Bertz CT molecular complexity index is 606. The van der Waals surface area contributed by atoms with E-state index in [1.165, 1.54) is 25.7 Å². The molecule has 2 aromatic rings. The number of hydrogen-bond donors (Lipinski definition) is 0. The largest absolute Gasteiger partial charge is 0.461 e. The molecule has 1 fully saturated rings. The monoisotopic (exact) mass is 261 g/mol. The Morgan fingerprint density at radius 3 is 2.79 bits per heavy atom. The normalized spacial score (nSPS) is 16.3. The van der Waals surface area contributed by atoms with E-state index in [0.29, 0.717) is 18.2 Å². The van der Waals surface area contributed by atoms with Gasteiger partial charge in [0.05, 0.1) is 12.3 Å². The summed E-state index contributed by atoms with van der Waals surface area (Å²) in [5.74, 6) is 1.11. The molecular weight excluding hydrogens is 242 g/mol. The van der Waals surface area contributed by atoms with Gasteiger partial charge in [-0.1, -0.05) is 12.8 Å². The molecule has 1 aliphatic carbocycles. The summed E-state index contributed by atoms with van der Waals surface area (Å²) in [4.78, 5) is 16.5. The van der Waals surface area contributed by atoms with Crippen LogP contribution in [0, 0.1) is 0 Å². The van der Waals surface area contributed by atoms with E-state index in [0.717, 1.165) is 11.5 Å². The van der Waals surface area contributed by atoms with Crippen molar-refractivity contribution in [2.24, 2.45) is 7.05 Å². The maximum absolute atomic E-state index is 11.8. The standard InChI is InChI=1S/C14H19N3O2/c1-3-19-13(18)12-9-17-8-11(10-6-4-5-7-10)15-14(17)16(12)2/h8-10H,3-7H2,1-2H3. The minimum absolute atomic E-state index is 0.294. The highest BCUT2D eigenvalue weighted by atomic mass is 16.5. The molecule has 1 aliphatic rings. The van der Waals surface area contributed by atoms with Gasteiger partial charge in [0.25, 0.3) is 0 Å². The molecule has 2 aromatic heterocycles. The Kier molecular flexibility index (Phi) is 3.05. The first-order valence-corrected chi connectivity index (χ1v) is 6.92. The quantitative estimate of drug-likeness (QED) is 0.798. The molecule has 5 nitrogen and oxygen atoms in total. The maximum atomic E-state index is 11.8. The Labute approximate surface area is 112 Å². The summed E-state index contributed by atoms with van der Waals surface area (Å²) < 4.78 is 8.77. The van der Waals surface area contributed by atoms with Crippen LogP contribution in [0.4, 0.5) is 0 Å². The molecule has 2 heterocycles. The summed E-state index contributed by atoms with van der Waals surface area (Å²) in [6.07, 6.45) is 8.91. The first-order chi connectivity index (χ1) is 9.20. The van der Waals surface area contributed by atoms with Crippen molar-refractivity contribution in [3.63, 3.8) is 0 Å². The minimum Gasteiger partial charge on any atom is -0.461 e. The van der Waals surface area contributed by atoms with Gasteiger partial charge in [0.15, 0.2) is 0 Å². The van der Waals surface area contributed by atoms with Crippen LogP contribution < -0.4 is 0 Å². The Hall–Kier alpha value is -1.78. The number of aromatic nitrogens is 3. The molecular formula is C14H19N3O2. The zero-order valence-corrected chi connectivity index (χ0v) is 11.4. The summed E-state index contributed by atoms with van der Waals surface area (Å²) in [7, 11) is 1.85. The molecule has 0 bridgehead atoms. The van der Waals surface area contributed by atoms with Gasteiger partial charge in [-0.2, -0.15) is 0 Å². The molecule has 0 N–H and O–H groups in total. The topological polar surface area (TPSA) is 48.5 Å². The first-order valence-electron chi connectivity index (χ1n) is 6.92. The number of aryl methyl sites for hydroxylation is 1. The van der Waals surface area contributed by atoms with E-state index in [4.69, 9.17) is 4.74 Å². The number of carbonyl (C=O) groups is 1. The van der Waals surface area contributed by atoms with Crippen molar-refractivity contribution in [1.82, 2.24) is 14.0 Å². The number of nitrogens with zero attached hydrogens (tertiary/aromatic N) is 3. The van der Waals surface area contributed by atoms with Gasteiger partial charge in [-0.05, 0) is 19.8 Å². The van der Waals surface area contributed by atoms with Crippen LogP contribution in [-0.2, 0) is 11.8 Å². The number of carbonyl (C=O) groups excluding carboxylic acids is 1. The van der Waals surface area contributed by atoms with Crippen LogP contribution in [-0.4, -0.2) is 26.5 Å². The molecule has 0 saturated heterocycles. The van der Waals surface area contributed by atoms with Crippen molar-refractivity contribution in [1.29, 1.82) is 0 Å². The summed E-state index contributed by atoms with van der Waals surface area (Å²) in [5, 5.41) is 0. The molecule has 5 heteroatoms. The molecule has 0 unspecified atom stereocenters. The smallest absolute Gasteiger partial charge is 0.356 e. The fourth-order valence-electron chi connectivity index (χ4n) is 2.88. The third-order valence-corrected chi connectivity index (χ3v) is 3.91. The number of ether oxygens (including phenoxy) is 1. The van der Waals surface area contributed by atoms with Crippen LogP contribution in [0.2, 0.25) is 0 Å². The fraction of sp³-hybridized carbons (Fsp3) is 0.571. The molecule has 0 aliphatic heterocycles. The third kappa shape index (κ3) is 2.03. The van der Waals surface area contributed by atoms with Crippen molar-refractivity contribution in [3.8, 4) is 0 Å². The van der Waals surface area contributed by atoms with Gasteiger partial charge in [0, 0.05) is 25.4 Å². The van der Waals surface area contributed by atoms with E-state index in [1.54, 1.807) is 10.8 Å². The van der Waals surface area contributed by atoms with Crippen molar-refractivity contribution >= 4 is 11.7 Å². The van der Waals surface area contributed by atoms with E-state index in [9.17, 15) is 4.79 Å². The predicted octanol–water partition coefficient (Wildman–Crippen LogP) is 2.51. The molecule has 1 saturated carbocycles. The molecule has 0 atom stereocenters. The Balaban J connectivity index is 1.95. The average molecular weight is 261 g/mol. The summed E-state index contributed by atoms with van der Waals surface area (Å²) in [5.41, 5.74) is 1.70. The van der Waals surface area contributed by atoms with Crippen molar-refractivity contribution in [3.05, 3.63) is 23.8 Å². The van der Waals surface area contributed by atoms with Crippen LogP contribution in [0.5, 0.6) is 0 Å². The minimum atomic E-state index is -0.294. The summed E-state index contributed by atoms with van der Waals surface area (Å²) in [6.45, 7) is 2.20. The lowest BCUT2D eigenvalue weighted by atomic mass is 10.1. The van der Waals surface area contributed by atoms with Crippen molar-refractivity contribution < 1.29 is 9.53 Å². The molecule has 0 spiro atoms. The van der Waals surface area contributed by atoms with Crippen LogP contribution in [0.15, 0.2) is 12.4 Å². The number of rotatable bonds is 3. The highest BCUT2D eigenvalue weighted by molar-refractivity contribution is 5.88. The molecule has 19 heavy (non-hydrogen) atoms. The van der Waals surface area contributed by atoms with Gasteiger partial charge < -0.3 is 9.30 Å². The van der Waals surface area contributed by atoms with Crippen LogP contribution in [0.1, 0.15) is 54.7 Å². The van der Waals surface area contributed by atoms with E-state index in [1.807, 2.05) is 24.6 Å². The van der Waals surface area contributed by atoms with Gasteiger partial charge in [-0.15, -0.1) is 0 Å². The van der Waals surface area contributed by atoms with Gasteiger partial charge in [0.2, 0.25) is 5.78 Å². The number of fused-ring (bicyclic) bond motifs is 1. The lowest BCUT2D eigenvalue weighted by molar-refractivity contribution is 0.0515. The van der Waals surface area contributed by atoms with Gasteiger partial charge in [-0.3, -0.25) is 4.40 Å². The predicted molar refractivity (Wildman–Crippen MR) is 71.3 cm³/mol. The average Bonchev–Trinajstić information content (AvgIpc) is 3.06. The maximum Gasteiger partial charge on any atom is 0.356 e. The Morgan fingerprint density at radius 2 is 2.16 bits per heavy atom. The molecule has 3 rings (SSSR count). The second-order valence-corrected chi connectivity index (χ2v) is 5.15. The summed E-state index contributed by atoms with van der Waals surface area (Å²) in [6, 6.07) is 0. The van der Waals surface area contributed by atoms with Crippen molar-refractivity contribution in [2.45, 2.75) is 38.5 Å². The SMILES string of the molecule is CCOC(=O)c1cn2cc(C3CCCC3)nc2n1C. The van der Waals surface area contributed by atoms with Crippen LogP contribution >= 0.6 is 0 Å². The van der Waals surface area contributed by atoms with Crippen LogP contribution in [0.3, 0.4) is 0 Å². The van der Waals surface area contributed by atoms with Gasteiger partial charge in [0.1, 0.15) is 5.69 Å². The van der Waals surface area contributed by atoms with Gasteiger partial charge >= 0.3 is 5.97 Å². The second kappa shape index (κ2) is 4.72. The number of imidazole rings is 2. The highest BCUT2D eigenvalue weighted by Crippen LogP contribution is 2.33. The zero-order valence-electron chi connectivity index (χ0n) is 11.4.